The third-order valence-corrected chi connectivity index (χ3v) is 4.88. The molecule has 1 aliphatic rings. The molecule has 0 aliphatic carbocycles. The molecule has 0 amide bonds. The minimum Gasteiger partial charge on any atom is -0.298 e. The number of halogens is 3. The van der Waals surface area contributed by atoms with Crippen molar-refractivity contribution >= 4 is 9.84 Å². The predicted octanol–water partition coefficient (Wildman–Crippen LogP) is 1.28. The van der Waals surface area contributed by atoms with E-state index in [9.17, 15) is 21.6 Å². The minimum absolute atomic E-state index is 0.0401. The summed E-state index contributed by atoms with van der Waals surface area (Å²) in [5.74, 6) is -0.883. The zero-order valence-corrected chi connectivity index (χ0v) is 11.6. The molecule has 0 spiro atoms. The molecule has 1 aromatic heterocycles. The molecule has 1 atom stereocenters. The second-order valence-corrected chi connectivity index (χ2v) is 6.93. The molecular weight excluding hydrogens is 295 g/mol. The quantitative estimate of drug-likeness (QED) is 0.822. The summed E-state index contributed by atoms with van der Waals surface area (Å²) < 4.78 is 60.7. The first kappa shape index (κ1) is 15.3. The molecule has 9 heteroatoms. The molecule has 114 valence electrons. The van der Waals surface area contributed by atoms with Crippen molar-refractivity contribution in [2.75, 3.05) is 18.8 Å². The molecule has 1 aromatic rings. The van der Waals surface area contributed by atoms with Crippen molar-refractivity contribution in [3.05, 3.63) is 18.5 Å². The summed E-state index contributed by atoms with van der Waals surface area (Å²) in [5, 5.41) is 4.05. The van der Waals surface area contributed by atoms with Crippen LogP contribution in [0.2, 0.25) is 0 Å². The number of alkyl halides is 3. The van der Waals surface area contributed by atoms with Gasteiger partial charge in [-0.3, -0.25) is 9.58 Å². The minimum atomic E-state index is -5.16. The SMILES string of the molecule is O=S(=O)(CCN1CCC[C@@H]1Cn1cccn1)C(F)(F)F. The Balaban J connectivity index is 1.92. The molecule has 0 radical (unpaired) electrons. The van der Waals surface area contributed by atoms with Gasteiger partial charge in [-0.15, -0.1) is 0 Å². The Hall–Kier alpha value is -1.09. The van der Waals surface area contributed by atoms with E-state index in [2.05, 4.69) is 5.10 Å². The van der Waals surface area contributed by atoms with Crippen molar-refractivity contribution in [2.45, 2.75) is 30.9 Å². The Morgan fingerprint density at radius 3 is 2.70 bits per heavy atom. The molecule has 1 aliphatic heterocycles. The summed E-state index contributed by atoms with van der Waals surface area (Å²) in [6, 6.07) is 1.81. The maximum absolute atomic E-state index is 12.3. The lowest BCUT2D eigenvalue weighted by atomic mass is 10.2. The third kappa shape index (κ3) is 3.51. The highest BCUT2D eigenvalue weighted by Crippen LogP contribution is 2.25. The molecule has 0 bridgehead atoms. The smallest absolute Gasteiger partial charge is 0.298 e. The van der Waals surface area contributed by atoms with Gasteiger partial charge in [0.05, 0.1) is 12.3 Å². The second kappa shape index (κ2) is 5.72. The van der Waals surface area contributed by atoms with Gasteiger partial charge in [0, 0.05) is 25.0 Å². The van der Waals surface area contributed by atoms with Crippen LogP contribution in [0, 0.1) is 0 Å². The first-order valence-electron chi connectivity index (χ1n) is 6.30. The molecule has 0 aromatic carbocycles. The van der Waals surface area contributed by atoms with Crippen LogP contribution in [0.1, 0.15) is 12.8 Å². The van der Waals surface area contributed by atoms with E-state index in [1.807, 2.05) is 0 Å². The first-order chi connectivity index (χ1) is 9.29. The summed E-state index contributed by atoms with van der Waals surface area (Å²) in [6.45, 7) is 1.10. The van der Waals surface area contributed by atoms with E-state index in [4.69, 9.17) is 0 Å². The summed E-state index contributed by atoms with van der Waals surface area (Å²) in [7, 11) is -5.03. The Morgan fingerprint density at radius 2 is 2.10 bits per heavy atom. The molecule has 20 heavy (non-hydrogen) atoms. The van der Waals surface area contributed by atoms with E-state index >= 15 is 0 Å². The Kier molecular flexibility index (Phi) is 4.38. The number of likely N-dealkylation sites (tertiary alicyclic amines) is 1. The van der Waals surface area contributed by atoms with Crippen molar-refractivity contribution in [1.29, 1.82) is 0 Å². The number of rotatable bonds is 5. The van der Waals surface area contributed by atoms with E-state index < -0.39 is 21.1 Å². The molecule has 0 unspecified atom stereocenters. The van der Waals surface area contributed by atoms with Crippen LogP contribution < -0.4 is 0 Å². The van der Waals surface area contributed by atoms with Gasteiger partial charge in [-0.05, 0) is 25.5 Å². The normalized spacial score (nSPS) is 21.4. The van der Waals surface area contributed by atoms with Crippen LogP contribution >= 0.6 is 0 Å². The van der Waals surface area contributed by atoms with Gasteiger partial charge in [0.1, 0.15) is 0 Å². The zero-order chi connectivity index (χ0) is 14.8. The van der Waals surface area contributed by atoms with Gasteiger partial charge in [-0.25, -0.2) is 8.42 Å². The fourth-order valence-electron chi connectivity index (χ4n) is 2.37. The number of nitrogens with zero attached hydrogens (tertiary/aromatic N) is 3. The molecule has 2 rings (SSSR count). The van der Waals surface area contributed by atoms with Crippen molar-refractivity contribution in [2.24, 2.45) is 0 Å². The van der Waals surface area contributed by atoms with Gasteiger partial charge in [0.15, 0.2) is 0 Å². The lowest BCUT2D eigenvalue weighted by Gasteiger charge is -2.24. The van der Waals surface area contributed by atoms with E-state index in [1.54, 1.807) is 28.0 Å². The number of aromatic nitrogens is 2. The van der Waals surface area contributed by atoms with Crippen LogP contribution in [0.4, 0.5) is 13.2 Å². The Morgan fingerprint density at radius 1 is 1.35 bits per heavy atom. The van der Waals surface area contributed by atoms with Gasteiger partial charge in [0.2, 0.25) is 9.84 Å². The number of hydrogen-bond donors (Lipinski definition) is 0. The van der Waals surface area contributed by atoms with Gasteiger partial charge >= 0.3 is 5.51 Å². The molecular formula is C11H16F3N3O2S. The fraction of sp³-hybridized carbons (Fsp3) is 0.727. The summed E-state index contributed by atoms with van der Waals surface area (Å²) in [6.07, 6.45) is 5.11. The second-order valence-electron chi connectivity index (χ2n) is 4.82. The highest BCUT2D eigenvalue weighted by atomic mass is 32.2. The Bertz CT molecular complexity index is 528. The summed E-state index contributed by atoms with van der Waals surface area (Å²) in [4.78, 5) is 1.80. The molecule has 1 saturated heterocycles. The van der Waals surface area contributed by atoms with Crippen LogP contribution in [0.25, 0.3) is 0 Å². The van der Waals surface area contributed by atoms with E-state index in [-0.39, 0.29) is 12.6 Å². The first-order valence-corrected chi connectivity index (χ1v) is 7.95. The molecule has 1 fully saturated rings. The van der Waals surface area contributed by atoms with Gasteiger partial charge in [-0.1, -0.05) is 0 Å². The predicted molar refractivity (Wildman–Crippen MR) is 66.7 cm³/mol. The monoisotopic (exact) mass is 311 g/mol. The number of hydrogen-bond acceptors (Lipinski definition) is 4. The third-order valence-electron chi connectivity index (χ3n) is 3.46. The average Bonchev–Trinajstić information content (AvgIpc) is 2.97. The van der Waals surface area contributed by atoms with Crippen molar-refractivity contribution in [1.82, 2.24) is 14.7 Å². The van der Waals surface area contributed by atoms with Crippen LogP contribution in [-0.4, -0.2) is 53.5 Å². The lowest BCUT2D eigenvalue weighted by Crippen LogP contribution is -2.39. The van der Waals surface area contributed by atoms with E-state index in [0.29, 0.717) is 13.1 Å². The van der Waals surface area contributed by atoms with Crippen LogP contribution in [0.15, 0.2) is 18.5 Å². The van der Waals surface area contributed by atoms with Crippen molar-refractivity contribution < 1.29 is 21.6 Å². The van der Waals surface area contributed by atoms with Crippen molar-refractivity contribution in [3.8, 4) is 0 Å². The van der Waals surface area contributed by atoms with Crippen LogP contribution in [-0.2, 0) is 16.4 Å². The van der Waals surface area contributed by atoms with Crippen molar-refractivity contribution in [3.63, 3.8) is 0 Å². The zero-order valence-electron chi connectivity index (χ0n) is 10.8. The maximum Gasteiger partial charge on any atom is 0.497 e. The maximum atomic E-state index is 12.3. The van der Waals surface area contributed by atoms with E-state index in [1.165, 1.54) is 0 Å². The van der Waals surface area contributed by atoms with Gasteiger partial charge in [-0.2, -0.15) is 18.3 Å². The molecule has 2 heterocycles. The molecule has 5 nitrogen and oxygen atoms in total. The van der Waals surface area contributed by atoms with Crippen LogP contribution in [0.3, 0.4) is 0 Å². The van der Waals surface area contributed by atoms with Gasteiger partial charge < -0.3 is 0 Å². The Labute approximate surface area is 115 Å². The summed E-state index contributed by atoms with van der Waals surface area (Å²) >= 11 is 0. The summed E-state index contributed by atoms with van der Waals surface area (Å²) in [5.41, 5.74) is -5.16. The largest absolute Gasteiger partial charge is 0.497 e. The molecule has 0 saturated carbocycles. The van der Waals surface area contributed by atoms with E-state index in [0.717, 1.165) is 12.8 Å². The van der Waals surface area contributed by atoms with Crippen LogP contribution in [0.5, 0.6) is 0 Å². The fourth-order valence-corrected chi connectivity index (χ4v) is 3.08. The lowest BCUT2D eigenvalue weighted by molar-refractivity contribution is -0.0437. The van der Waals surface area contributed by atoms with Gasteiger partial charge in [0.25, 0.3) is 0 Å². The highest BCUT2D eigenvalue weighted by Gasteiger charge is 2.45. The standard InChI is InChI=1S/C11H16F3N3O2S/c12-11(13,14)20(18,19)8-7-16-5-1-3-10(16)9-17-6-2-4-15-17/h2,4,6,10H,1,3,5,7-9H2/t10-/m1/s1. The average molecular weight is 311 g/mol. The topological polar surface area (TPSA) is 55.2 Å². The highest BCUT2D eigenvalue weighted by molar-refractivity contribution is 7.92. The molecule has 0 N–H and O–H groups in total. The number of sulfone groups is 1.